The Morgan fingerprint density at radius 1 is 1.37 bits per heavy atom. The number of amides is 1. The molecule has 0 bridgehead atoms. The molecule has 3 atom stereocenters. The van der Waals surface area contributed by atoms with Crippen LogP contribution in [-0.2, 0) is 14.3 Å². The number of carboxylic acids is 1. The van der Waals surface area contributed by atoms with Gasteiger partial charge >= 0.3 is 5.97 Å². The van der Waals surface area contributed by atoms with Gasteiger partial charge in [-0.2, -0.15) is 0 Å². The Labute approximate surface area is 112 Å². The first-order valence-corrected chi connectivity index (χ1v) is 6.97. The van der Waals surface area contributed by atoms with Crippen LogP contribution in [0.2, 0.25) is 0 Å². The van der Waals surface area contributed by atoms with E-state index in [1.807, 2.05) is 0 Å². The van der Waals surface area contributed by atoms with E-state index in [2.05, 4.69) is 10.6 Å². The summed E-state index contributed by atoms with van der Waals surface area (Å²) in [5, 5.41) is 15.1. The van der Waals surface area contributed by atoms with Gasteiger partial charge in [-0.3, -0.25) is 9.59 Å². The number of carboxylic acid groups (broad SMARTS) is 1. The van der Waals surface area contributed by atoms with Crippen LogP contribution in [0.4, 0.5) is 0 Å². The van der Waals surface area contributed by atoms with Crippen molar-refractivity contribution < 1.29 is 19.4 Å². The van der Waals surface area contributed by atoms with E-state index in [-0.39, 0.29) is 18.6 Å². The number of nitrogens with one attached hydrogen (secondary N) is 2. The Morgan fingerprint density at radius 2 is 2.21 bits per heavy atom. The van der Waals surface area contributed by atoms with Crippen molar-refractivity contribution in [3.8, 4) is 0 Å². The van der Waals surface area contributed by atoms with Crippen LogP contribution in [0.1, 0.15) is 25.7 Å². The first kappa shape index (κ1) is 14.3. The third-order valence-corrected chi connectivity index (χ3v) is 3.92. The number of carbonyl (C=O) groups excluding carboxylic acids is 1. The molecule has 0 radical (unpaired) electrons. The number of hydrogen-bond acceptors (Lipinski definition) is 4. The first-order valence-electron chi connectivity index (χ1n) is 6.97. The molecule has 2 fully saturated rings. The lowest BCUT2D eigenvalue weighted by Crippen LogP contribution is -2.43. The molecule has 2 aliphatic rings. The van der Waals surface area contributed by atoms with Crippen LogP contribution in [0.3, 0.4) is 0 Å². The number of aliphatic carboxylic acids is 1. The highest BCUT2D eigenvalue weighted by Crippen LogP contribution is 2.17. The molecular weight excluding hydrogens is 248 g/mol. The third kappa shape index (κ3) is 4.18. The SMILES string of the molecule is O=C(CCC1CCCNC1)NC1COCC1C(=O)O. The first-order chi connectivity index (χ1) is 9.16. The summed E-state index contributed by atoms with van der Waals surface area (Å²) >= 11 is 0. The molecule has 0 aromatic carbocycles. The van der Waals surface area contributed by atoms with E-state index < -0.39 is 11.9 Å². The van der Waals surface area contributed by atoms with Gasteiger partial charge in [-0.25, -0.2) is 0 Å². The van der Waals surface area contributed by atoms with E-state index in [0.29, 0.717) is 18.9 Å². The van der Waals surface area contributed by atoms with Gasteiger partial charge in [0.15, 0.2) is 0 Å². The number of ether oxygens (including phenoxy) is 1. The van der Waals surface area contributed by atoms with Crippen LogP contribution < -0.4 is 10.6 Å². The second-order valence-electron chi connectivity index (χ2n) is 5.41. The fourth-order valence-electron chi connectivity index (χ4n) is 2.72. The number of carbonyl (C=O) groups is 2. The molecule has 1 amide bonds. The summed E-state index contributed by atoms with van der Waals surface area (Å²) in [6.45, 7) is 2.54. The second-order valence-corrected chi connectivity index (χ2v) is 5.41. The zero-order valence-corrected chi connectivity index (χ0v) is 11.1. The number of hydrogen-bond donors (Lipinski definition) is 3. The minimum absolute atomic E-state index is 0.0627. The van der Waals surface area contributed by atoms with Gasteiger partial charge in [-0.15, -0.1) is 0 Å². The predicted octanol–water partition coefficient (Wildman–Crippen LogP) is -0.0180. The molecule has 108 valence electrons. The summed E-state index contributed by atoms with van der Waals surface area (Å²) in [7, 11) is 0. The molecule has 0 aliphatic carbocycles. The standard InChI is InChI=1S/C13H22N2O4/c16-12(4-3-9-2-1-5-14-6-9)15-11-8-19-7-10(11)13(17)18/h9-11,14H,1-8H2,(H,15,16)(H,17,18). The molecule has 6 heteroatoms. The molecule has 2 rings (SSSR count). The Bertz CT molecular complexity index is 329. The van der Waals surface area contributed by atoms with Crippen molar-refractivity contribution in [2.45, 2.75) is 31.7 Å². The van der Waals surface area contributed by atoms with Gasteiger partial charge in [0, 0.05) is 6.42 Å². The fraction of sp³-hybridized carbons (Fsp3) is 0.846. The molecule has 0 spiro atoms. The molecule has 0 aromatic rings. The lowest BCUT2D eigenvalue weighted by molar-refractivity contribution is -0.142. The van der Waals surface area contributed by atoms with Gasteiger partial charge in [0.2, 0.25) is 5.91 Å². The van der Waals surface area contributed by atoms with E-state index in [1.54, 1.807) is 0 Å². The second kappa shape index (κ2) is 6.86. The molecule has 2 aliphatic heterocycles. The number of rotatable bonds is 5. The molecule has 2 saturated heterocycles. The van der Waals surface area contributed by atoms with E-state index in [0.717, 1.165) is 19.5 Å². The highest BCUT2D eigenvalue weighted by atomic mass is 16.5. The minimum atomic E-state index is -0.903. The zero-order chi connectivity index (χ0) is 13.7. The molecule has 0 aromatic heterocycles. The average Bonchev–Trinajstić information content (AvgIpc) is 2.86. The monoisotopic (exact) mass is 270 g/mol. The van der Waals surface area contributed by atoms with Crippen molar-refractivity contribution in [3.05, 3.63) is 0 Å². The van der Waals surface area contributed by atoms with Gasteiger partial charge in [0.1, 0.15) is 5.92 Å². The maximum atomic E-state index is 11.8. The summed E-state index contributed by atoms with van der Waals surface area (Å²) in [5.41, 5.74) is 0. The summed E-state index contributed by atoms with van der Waals surface area (Å²) in [6, 6.07) is -0.380. The highest BCUT2D eigenvalue weighted by Gasteiger charge is 2.34. The van der Waals surface area contributed by atoms with Gasteiger partial charge in [0.05, 0.1) is 19.3 Å². The van der Waals surface area contributed by atoms with E-state index >= 15 is 0 Å². The van der Waals surface area contributed by atoms with Crippen LogP contribution in [0.15, 0.2) is 0 Å². The summed E-state index contributed by atoms with van der Waals surface area (Å²) < 4.78 is 5.12. The van der Waals surface area contributed by atoms with Gasteiger partial charge in [0.25, 0.3) is 0 Å². The van der Waals surface area contributed by atoms with E-state index in [4.69, 9.17) is 9.84 Å². The average molecular weight is 270 g/mol. The van der Waals surface area contributed by atoms with Crippen LogP contribution in [-0.4, -0.2) is 49.3 Å². The Kier molecular flexibility index (Phi) is 5.15. The topological polar surface area (TPSA) is 87.7 Å². The van der Waals surface area contributed by atoms with Crippen LogP contribution in [0.25, 0.3) is 0 Å². The van der Waals surface area contributed by atoms with Crippen molar-refractivity contribution in [1.29, 1.82) is 0 Å². The van der Waals surface area contributed by atoms with Crippen LogP contribution in [0.5, 0.6) is 0 Å². The minimum Gasteiger partial charge on any atom is -0.481 e. The lowest BCUT2D eigenvalue weighted by atomic mass is 9.94. The zero-order valence-electron chi connectivity index (χ0n) is 11.1. The van der Waals surface area contributed by atoms with Gasteiger partial charge in [-0.1, -0.05) is 0 Å². The maximum Gasteiger partial charge on any atom is 0.311 e. The summed E-state index contributed by atoms with van der Waals surface area (Å²) in [6.07, 6.45) is 3.67. The number of piperidine rings is 1. The molecule has 0 saturated carbocycles. The Hall–Kier alpha value is -1.14. The van der Waals surface area contributed by atoms with Crippen molar-refractivity contribution in [3.63, 3.8) is 0 Å². The smallest absolute Gasteiger partial charge is 0.311 e. The lowest BCUT2D eigenvalue weighted by Gasteiger charge is -2.23. The Morgan fingerprint density at radius 3 is 2.89 bits per heavy atom. The molecule has 2 heterocycles. The molecule has 3 N–H and O–H groups in total. The molecule has 19 heavy (non-hydrogen) atoms. The van der Waals surface area contributed by atoms with Gasteiger partial charge in [-0.05, 0) is 38.3 Å². The Balaban J connectivity index is 1.70. The highest BCUT2D eigenvalue weighted by molar-refractivity contribution is 5.78. The predicted molar refractivity (Wildman–Crippen MR) is 68.7 cm³/mol. The maximum absolute atomic E-state index is 11.8. The van der Waals surface area contributed by atoms with E-state index in [1.165, 1.54) is 12.8 Å². The summed E-state index contributed by atoms with van der Waals surface area (Å²) in [5.74, 6) is -1.01. The van der Waals surface area contributed by atoms with Crippen molar-refractivity contribution in [1.82, 2.24) is 10.6 Å². The van der Waals surface area contributed by atoms with Crippen molar-refractivity contribution in [2.24, 2.45) is 11.8 Å². The largest absolute Gasteiger partial charge is 0.481 e. The van der Waals surface area contributed by atoms with Crippen molar-refractivity contribution >= 4 is 11.9 Å². The van der Waals surface area contributed by atoms with Crippen LogP contribution in [0, 0.1) is 11.8 Å². The molecule has 3 unspecified atom stereocenters. The van der Waals surface area contributed by atoms with Crippen LogP contribution >= 0.6 is 0 Å². The summed E-state index contributed by atoms with van der Waals surface area (Å²) in [4.78, 5) is 22.8. The molecular formula is C13H22N2O4. The third-order valence-electron chi connectivity index (χ3n) is 3.92. The van der Waals surface area contributed by atoms with Gasteiger partial charge < -0.3 is 20.5 Å². The normalized spacial score (nSPS) is 31.1. The quantitative estimate of drug-likeness (QED) is 0.653. The molecule has 6 nitrogen and oxygen atoms in total. The van der Waals surface area contributed by atoms with E-state index in [9.17, 15) is 9.59 Å². The fourth-order valence-corrected chi connectivity index (χ4v) is 2.72. The van der Waals surface area contributed by atoms with Crippen molar-refractivity contribution in [2.75, 3.05) is 26.3 Å².